The number of aromatic nitrogens is 1. The molecule has 1 atom stereocenters. The topological polar surface area (TPSA) is 99.4 Å². The molecule has 0 saturated heterocycles. The summed E-state index contributed by atoms with van der Waals surface area (Å²) in [6.07, 6.45) is 3.94. The van der Waals surface area contributed by atoms with Crippen LogP contribution in [-0.2, 0) is 16.0 Å². The van der Waals surface area contributed by atoms with Crippen molar-refractivity contribution in [3.63, 3.8) is 0 Å². The average Bonchev–Trinajstić information content (AvgIpc) is 3.19. The van der Waals surface area contributed by atoms with Gasteiger partial charge in [-0.1, -0.05) is 39.4 Å². The van der Waals surface area contributed by atoms with E-state index < -0.39 is 12.0 Å². The number of hydrogen-bond donors (Lipinski definition) is 1. The average molecular weight is 600 g/mol. The number of phenolic OH excluding ortho intramolecular Hbond substituents is 1. The molecule has 0 aliphatic carbocycles. The molecule has 0 radical (unpaired) electrons. The molecular formula is C28H27BrN2O6S. The molecule has 0 spiro atoms. The van der Waals surface area contributed by atoms with Crippen LogP contribution >= 0.6 is 27.3 Å². The van der Waals surface area contributed by atoms with Gasteiger partial charge >= 0.3 is 5.97 Å². The highest BCUT2D eigenvalue weighted by atomic mass is 79.9. The molecule has 0 unspecified atom stereocenters. The molecule has 8 nitrogen and oxygen atoms in total. The van der Waals surface area contributed by atoms with Gasteiger partial charge in [0.25, 0.3) is 5.56 Å². The van der Waals surface area contributed by atoms with E-state index in [0.717, 1.165) is 5.56 Å². The monoisotopic (exact) mass is 598 g/mol. The molecule has 198 valence electrons. The lowest BCUT2D eigenvalue weighted by atomic mass is 9.95. The number of carbonyl (C=O) groups excluding carboxylic acids is 1. The van der Waals surface area contributed by atoms with E-state index in [-0.39, 0.29) is 23.5 Å². The van der Waals surface area contributed by atoms with Crippen LogP contribution in [0.2, 0.25) is 0 Å². The van der Waals surface area contributed by atoms with Crippen molar-refractivity contribution >= 4 is 39.3 Å². The number of benzene rings is 2. The Morgan fingerprint density at radius 1 is 1.24 bits per heavy atom. The molecule has 1 N–H and O–H groups in total. The molecule has 38 heavy (non-hydrogen) atoms. The maximum absolute atomic E-state index is 13.9. The highest BCUT2D eigenvalue weighted by Gasteiger charge is 2.35. The third-order valence-corrected chi connectivity index (χ3v) is 7.75. The summed E-state index contributed by atoms with van der Waals surface area (Å²) in [5.74, 6) is 0.556. The van der Waals surface area contributed by atoms with Crippen molar-refractivity contribution < 1.29 is 24.1 Å². The van der Waals surface area contributed by atoms with Crippen LogP contribution < -0.4 is 24.4 Å². The number of allylic oxidation sites excluding steroid dienone is 2. The zero-order valence-electron chi connectivity index (χ0n) is 21.4. The molecule has 2 heterocycles. The van der Waals surface area contributed by atoms with Crippen LogP contribution in [0.3, 0.4) is 0 Å². The van der Waals surface area contributed by atoms with Crippen molar-refractivity contribution in [2.24, 2.45) is 4.99 Å². The van der Waals surface area contributed by atoms with Gasteiger partial charge in [0, 0.05) is 4.47 Å². The molecule has 0 bridgehead atoms. The predicted molar refractivity (Wildman–Crippen MR) is 150 cm³/mol. The Hall–Kier alpha value is -3.63. The zero-order valence-corrected chi connectivity index (χ0v) is 23.8. The van der Waals surface area contributed by atoms with Crippen molar-refractivity contribution in [1.82, 2.24) is 4.57 Å². The highest BCUT2D eigenvalue weighted by molar-refractivity contribution is 9.10. The van der Waals surface area contributed by atoms with Gasteiger partial charge in [0.1, 0.15) is 5.75 Å². The summed E-state index contributed by atoms with van der Waals surface area (Å²) in [5.41, 5.74) is 2.47. The largest absolute Gasteiger partial charge is 0.508 e. The second kappa shape index (κ2) is 11.4. The molecule has 0 fully saturated rings. The summed E-state index contributed by atoms with van der Waals surface area (Å²) < 4.78 is 18.9. The molecule has 0 amide bonds. The van der Waals surface area contributed by atoms with E-state index in [4.69, 9.17) is 14.2 Å². The Morgan fingerprint density at radius 3 is 2.61 bits per heavy atom. The van der Waals surface area contributed by atoms with Gasteiger partial charge in [-0.3, -0.25) is 9.36 Å². The standard InChI is InChI=1S/C28H27BrN2O6S/c1-6-8-17-11-16(9-10-20(17)32)12-23-26(33)31-25(18-13-21(35-4)22(36-5)14-19(18)29)24(27(34)37-7-2)15(3)30-28(31)38-23/h6,9-14,25,32H,1,7-8H2,2-5H3/b23-12+/t25-/m0/s1. The number of carbonyl (C=O) groups is 1. The zero-order chi connectivity index (χ0) is 27.6. The molecule has 10 heteroatoms. The van der Waals surface area contributed by atoms with Crippen LogP contribution in [0, 0.1) is 0 Å². The van der Waals surface area contributed by atoms with E-state index in [1.165, 1.54) is 30.1 Å². The number of phenols is 1. The molecule has 3 aromatic rings. The maximum Gasteiger partial charge on any atom is 0.338 e. The molecule has 1 aliphatic heterocycles. The van der Waals surface area contributed by atoms with Crippen LogP contribution in [0.15, 0.2) is 68.5 Å². The van der Waals surface area contributed by atoms with E-state index >= 15 is 0 Å². The summed E-state index contributed by atoms with van der Waals surface area (Å²) >= 11 is 4.82. The first-order valence-electron chi connectivity index (χ1n) is 11.8. The van der Waals surface area contributed by atoms with Crippen molar-refractivity contribution in [1.29, 1.82) is 0 Å². The van der Waals surface area contributed by atoms with Crippen LogP contribution in [-0.4, -0.2) is 36.5 Å². The van der Waals surface area contributed by atoms with Crippen LogP contribution in [0.5, 0.6) is 17.2 Å². The van der Waals surface area contributed by atoms with Gasteiger partial charge < -0.3 is 19.3 Å². The summed E-state index contributed by atoms with van der Waals surface area (Å²) in [5, 5.41) is 10.1. The fourth-order valence-electron chi connectivity index (χ4n) is 4.33. The Labute approximate surface area is 232 Å². The first kappa shape index (κ1) is 27.4. The lowest BCUT2D eigenvalue weighted by molar-refractivity contribution is -0.139. The quantitative estimate of drug-likeness (QED) is 0.311. The summed E-state index contributed by atoms with van der Waals surface area (Å²) in [7, 11) is 3.05. The summed E-state index contributed by atoms with van der Waals surface area (Å²) in [6, 6.07) is 7.79. The minimum Gasteiger partial charge on any atom is -0.508 e. The van der Waals surface area contributed by atoms with E-state index in [0.29, 0.717) is 48.6 Å². The van der Waals surface area contributed by atoms with Crippen molar-refractivity contribution in [3.05, 3.63) is 95.1 Å². The molecule has 4 rings (SSSR count). The molecule has 0 saturated carbocycles. The fourth-order valence-corrected chi connectivity index (χ4v) is 5.92. The minimum atomic E-state index is -0.822. The SMILES string of the molecule is C=CCc1cc(/C=c2/sc3n(c2=O)[C@@H](c2cc(OC)c(OC)cc2Br)C(C(=O)OCC)=C(C)N=3)ccc1O. The number of fused-ring (bicyclic) bond motifs is 1. The number of nitrogens with zero attached hydrogens (tertiary/aromatic N) is 2. The van der Waals surface area contributed by atoms with Gasteiger partial charge in [-0.25, -0.2) is 9.79 Å². The summed E-state index contributed by atoms with van der Waals surface area (Å²) in [4.78, 5) is 32.1. The van der Waals surface area contributed by atoms with Crippen LogP contribution in [0.25, 0.3) is 6.08 Å². The van der Waals surface area contributed by atoms with Gasteiger partial charge in [0.05, 0.1) is 42.7 Å². The molecule has 2 aromatic carbocycles. The maximum atomic E-state index is 13.9. The first-order valence-corrected chi connectivity index (χ1v) is 13.4. The number of rotatable bonds is 8. The number of esters is 1. The number of aromatic hydroxyl groups is 1. The molecular weight excluding hydrogens is 572 g/mol. The van der Waals surface area contributed by atoms with Crippen LogP contribution in [0.4, 0.5) is 0 Å². The van der Waals surface area contributed by atoms with E-state index in [1.807, 2.05) is 6.07 Å². The Bertz CT molecular complexity index is 1640. The molecule has 1 aliphatic rings. The van der Waals surface area contributed by atoms with Gasteiger partial charge in [-0.15, -0.1) is 6.58 Å². The number of hydrogen-bond acceptors (Lipinski definition) is 8. The number of thiazole rings is 1. The van der Waals surface area contributed by atoms with Gasteiger partial charge in [0.15, 0.2) is 16.3 Å². The predicted octanol–water partition coefficient (Wildman–Crippen LogP) is 4.01. The Balaban J connectivity index is 1.99. The van der Waals surface area contributed by atoms with Gasteiger partial charge in [-0.2, -0.15) is 0 Å². The van der Waals surface area contributed by atoms with Gasteiger partial charge in [0.2, 0.25) is 0 Å². The lowest BCUT2D eigenvalue weighted by Gasteiger charge is -2.26. The normalized spacial score (nSPS) is 15.1. The third kappa shape index (κ3) is 5.06. The van der Waals surface area contributed by atoms with Gasteiger partial charge in [-0.05, 0) is 67.3 Å². The fraction of sp³-hybridized carbons (Fsp3) is 0.250. The second-order valence-corrected chi connectivity index (χ2v) is 10.3. The first-order chi connectivity index (χ1) is 18.2. The smallest absolute Gasteiger partial charge is 0.338 e. The highest BCUT2D eigenvalue weighted by Crippen LogP contribution is 2.40. The van der Waals surface area contributed by atoms with Crippen molar-refractivity contribution in [3.8, 4) is 17.2 Å². The number of halogens is 1. The third-order valence-electron chi connectivity index (χ3n) is 6.08. The minimum absolute atomic E-state index is 0.163. The Morgan fingerprint density at radius 2 is 1.95 bits per heavy atom. The van der Waals surface area contributed by atoms with Crippen molar-refractivity contribution in [2.45, 2.75) is 26.3 Å². The van der Waals surface area contributed by atoms with E-state index in [1.54, 1.807) is 50.3 Å². The Kier molecular flexibility index (Phi) is 8.23. The van der Waals surface area contributed by atoms with Crippen molar-refractivity contribution in [2.75, 3.05) is 20.8 Å². The summed E-state index contributed by atoms with van der Waals surface area (Å²) in [6.45, 7) is 7.36. The lowest BCUT2D eigenvalue weighted by Crippen LogP contribution is -2.40. The van der Waals surface area contributed by atoms with E-state index in [9.17, 15) is 14.7 Å². The number of methoxy groups -OCH3 is 2. The molecule has 1 aromatic heterocycles. The number of ether oxygens (including phenoxy) is 3. The van der Waals surface area contributed by atoms with E-state index in [2.05, 4.69) is 27.5 Å². The van der Waals surface area contributed by atoms with Crippen LogP contribution in [0.1, 0.15) is 36.6 Å². The second-order valence-electron chi connectivity index (χ2n) is 8.41.